The van der Waals surface area contributed by atoms with E-state index in [0.717, 1.165) is 11.1 Å². The van der Waals surface area contributed by atoms with E-state index in [1.807, 2.05) is 30.3 Å². The third-order valence-corrected chi connectivity index (χ3v) is 6.27. The van der Waals surface area contributed by atoms with Gasteiger partial charge in [-0.25, -0.2) is 0 Å². The highest BCUT2D eigenvalue weighted by molar-refractivity contribution is 6.61. The summed E-state index contributed by atoms with van der Waals surface area (Å²) in [5.41, 5.74) is 1.40. The Bertz CT molecular complexity index is 1630. The van der Waals surface area contributed by atoms with Crippen LogP contribution >= 0.6 is 0 Å². The molecule has 4 aromatic carbocycles. The van der Waals surface area contributed by atoms with Gasteiger partial charge in [0.1, 0.15) is 22.5 Å². The average Bonchev–Trinajstić information content (AvgIpc) is 3.22. The highest BCUT2D eigenvalue weighted by atomic mass is 16.4. The van der Waals surface area contributed by atoms with Crippen LogP contribution in [0.25, 0.3) is 38.6 Å². The van der Waals surface area contributed by atoms with Gasteiger partial charge in [-0.2, -0.15) is 0 Å². The Morgan fingerprint density at radius 1 is 0.571 bits per heavy atom. The van der Waals surface area contributed by atoms with Gasteiger partial charge in [-0.1, -0.05) is 42.5 Å². The minimum absolute atomic E-state index is 0.0533. The molecular formula is C25H20BNO8. The summed E-state index contributed by atoms with van der Waals surface area (Å²) in [4.78, 5) is 0. The first-order valence-electron chi connectivity index (χ1n) is 10.5. The number of hydrogen-bond donors (Lipinski definition) is 8. The van der Waals surface area contributed by atoms with Crippen molar-refractivity contribution in [2.75, 3.05) is 0 Å². The van der Waals surface area contributed by atoms with Crippen molar-refractivity contribution < 1.29 is 40.7 Å². The Hall–Kier alpha value is -4.54. The number of nitrogens with zero attached hydrogens (tertiary/aromatic N) is 1. The van der Waals surface area contributed by atoms with Gasteiger partial charge >= 0.3 is 7.12 Å². The molecule has 9 nitrogen and oxygen atoms in total. The summed E-state index contributed by atoms with van der Waals surface area (Å²) >= 11 is 0. The highest BCUT2D eigenvalue weighted by Gasteiger charge is 2.33. The van der Waals surface area contributed by atoms with Crippen LogP contribution in [-0.2, 0) is 0 Å². The Morgan fingerprint density at radius 2 is 1.09 bits per heavy atom. The molecule has 0 aliphatic rings. The number of aromatic hydroxyl groups is 6. The molecule has 5 aromatic rings. The van der Waals surface area contributed by atoms with Gasteiger partial charge in [0.05, 0.1) is 10.8 Å². The van der Waals surface area contributed by atoms with E-state index in [1.165, 1.54) is 11.5 Å². The summed E-state index contributed by atoms with van der Waals surface area (Å²) in [5, 5.41) is 82.9. The van der Waals surface area contributed by atoms with Gasteiger partial charge in [-0.3, -0.25) is 0 Å². The Labute approximate surface area is 198 Å². The molecule has 0 radical (unpaired) electrons. The van der Waals surface area contributed by atoms with Crippen LogP contribution in [0.3, 0.4) is 0 Å². The molecule has 35 heavy (non-hydrogen) atoms. The normalized spacial score (nSPS) is 11.4. The Morgan fingerprint density at radius 3 is 1.69 bits per heavy atom. The molecule has 10 heteroatoms. The van der Waals surface area contributed by atoms with Gasteiger partial charge in [0, 0.05) is 11.2 Å². The van der Waals surface area contributed by atoms with Crippen LogP contribution in [0.4, 0.5) is 0 Å². The van der Waals surface area contributed by atoms with E-state index < -0.39 is 47.1 Å². The fraction of sp³-hybridized carbons (Fsp3) is 0.0400. The van der Waals surface area contributed by atoms with Gasteiger partial charge in [-0.05, 0) is 35.7 Å². The SMILES string of the molecule is Cc1c(B(O)O)c(O)c2c3c(O)c(O)c(O)c(O)c3n(-c3ccc(-c4ccccc4)cc3)c2c1O. The molecule has 0 bridgehead atoms. The first-order chi connectivity index (χ1) is 16.6. The molecule has 1 heterocycles. The first kappa shape index (κ1) is 22.3. The summed E-state index contributed by atoms with van der Waals surface area (Å²) in [5.74, 6) is -4.90. The maximum Gasteiger partial charge on any atom is 0.492 e. The lowest BCUT2D eigenvalue weighted by molar-refractivity contribution is 0.350. The predicted molar refractivity (Wildman–Crippen MR) is 131 cm³/mol. The third kappa shape index (κ3) is 3.04. The number of hydrogen-bond acceptors (Lipinski definition) is 8. The fourth-order valence-electron chi connectivity index (χ4n) is 4.56. The minimum Gasteiger partial charge on any atom is -0.508 e. The van der Waals surface area contributed by atoms with Crippen molar-refractivity contribution in [1.82, 2.24) is 4.57 Å². The van der Waals surface area contributed by atoms with Crippen LogP contribution in [0.15, 0.2) is 54.6 Å². The van der Waals surface area contributed by atoms with Crippen LogP contribution in [0.2, 0.25) is 0 Å². The molecular weight excluding hydrogens is 453 g/mol. The first-order valence-corrected chi connectivity index (χ1v) is 10.5. The molecule has 0 atom stereocenters. The van der Waals surface area contributed by atoms with Crippen molar-refractivity contribution in [3.05, 3.63) is 60.2 Å². The zero-order valence-electron chi connectivity index (χ0n) is 18.3. The molecule has 176 valence electrons. The second-order valence-electron chi connectivity index (χ2n) is 8.20. The minimum atomic E-state index is -2.17. The molecule has 5 rings (SSSR count). The van der Waals surface area contributed by atoms with Crippen molar-refractivity contribution in [1.29, 1.82) is 0 Å². The summed E-state index contributed by atoms with van der Waals surface area (Å²) in [7, 11) is -2.17. The number of rotatable bonds is 3. The monoisotopic (exact) mass is 473 g/mol. The van der Waals surface area contributed by atoms with Crippen molar-refractivity contribution in [3.8, 4) is 51.3 Å². The van der Waals surface area contributed by atoms with Crippen LogP contribution < -0.4 is 5.46 Å². The van der Waals surface area contributed by atoms with Crippen LogP contribution in [0.1, 0.15) is 5.56 Å². The smallest absolute Gasteiger partial charge is 0.492 e. The van der Waals surface area contributed by atoms with Crippen molar-refractivity contribution >= 4 is 34.4 Å². The largest absolute Gasteiger partial charge is 0.508 e. The third-order valence-electron chi connectivity index (χ3n) is 6.27. The molecule has 0 aliphatic heterocycles. The second-order valence-corrected chi connectivity index (χ2v) is 8.20. The summed E-state index contributed by atoms with van der Waals surface area (Å²) in [6.07, 6.45) is 0. The van der Waals surface area contributed by atoms with E-state index >= 15 is 0 Å². The number of phenols is 6. The van der Waals surface area contributed by atoms with E-state index in [2.05, 4.69) is 0 Å². The molecule has 0 unspecified atom stereocenters. The molecule has 8 N–H and O–H groups in total. The molecule has 0 amide bonds. The molecule has 0 saturated carbocycles. The maximum absolute atomic E-state index is 11.1. The van der Waals surface area contributed by atoms with Crippen LogP contribution in [0, 0.1) is 6.92 Å². The van der Waals surface area contributed by atoms with E-state index in [1.54, 1.807) is 24.3 Å². The number of phenolic OH excluding ortho intramolecular Hbond substituents is 6. The van der Waals surface area contributed by atoms with Gasteiger partial charge in [0.25, 0.3) is 0 Å². The average molecular weight is 473 g/mol. The standard InChI is InChI=1S/C25H20BNO8/c1-11-17(26(34)35)21(29)15-16-19(23(31)25(33)24(32)22(16)30)27(18(15)20(11)28)14-9-7-13(8-10-14)12-5-3-2-4-6-12/h2-10,28-35H,1H3. The summed E-state index contributed by atoms with van der Waals surface area (Å²) in [6.45, 7) is 1.36. The van der Waals surface area contributed by atoms with Gasteiger partial charge in [-0.15, -0.1) is 0 Å². The maximum atomic E-state index is 11.1. The highest BCUT2D eigenvalue weighted by Crippen LogP contribution is 2.55. The van der Waals surface area contributed by atoms with Gasteiger partial charge in [0.2, 0.25) is 11.5 Å². The van der Waals surface area contributed by atoms with Crippen LogP contribution in [0.5, 0.6) is 34.5 Å². The fourth-order valence-corrected chi connectivity index (χ4v) is 4.56. The number of fused-ring (bicyclic) bond motifs is 3. The molecule has 0 spiro atoms. The van der Waals surface area contributed by atoms with E-state index in [0.29, 0.717) is 5.69 Å². The zero-order chi connectivity index (χ0) is 25.2. The zero-order valence-corrected chi connectivity index (χ0v) is 18.3. The van der Waals surface area contributed by atoms with E-state index in [9.17, 15) is 40.7 Å². The molecule has 0 saturated heterocycles. The lowest BCUT2D eigenvalue weighted by atomic mass is 9.75. The quantitative estimate of drug-likeness (QED) is 0.112. The van der Waals surface area contributed by atoms with E-state index in [4.69, 9.17) is 0 Å². The number of benzene rings is 4. The lowest BCUT2D eigenvalue weighted by Gasteiger charge is -2.15. The van der Waals surface area contributed by atoms with Gasteiger partial charge < -0.3 is 45.3 Å². The van der Waals surface area contributed by atoms with Gasteiger partial charge in [0.15, 0.2) is 11.5 Å². The Balaban J connectivity index is 1.96. The van der Waals surface area contributed by atoms with Crippen molar-refractivity contribution in [2.45, 2.75) is 6.92 Å². The lowest BCUT2D eigenvalue weighted by Crippen LogP contribution is -2.32. The van der Waals surface area contributed by atoms with Crippen molar-refractivity contribution in [2.24, 2.45) is 0 Å². The second kappa shape index (κ2) is 7.76. The molecule has 1 aromatic heterocycles. The predicted octanol–water partition coefficient (Wildman–Crippen LogP) is 2.67. The summed E-state index contributed by atoms with van der Waals surface area (Å²) in [6, 6.07) is 16.4. The van der Waals surface area contributed by atoms with E-state index in [-0.39, 0.29) is 27.4 Å². The molecule has 0 fully saturated rings. The Kier molecular flexibility index (Phi) is 4.94. The van der Waals surface area contributed by atoms with Crippen molar-refractivity contribution in [3.63, 3.8) is 0 Å². The molecule has 0 aliphatic carbocycles. The summed E-state index contributed by atoms with van der Waals surface area (Å²) < 4.78 is 1.29. The number of aromatic nitrogens is 1. The van der Waals surface area contributed by atoms with Crippen LogP contribution in [-0.4, -0.2) is 52.4 Å². The topological polar surface area (TPSA) is 167 Å².